The lowest BCUT2D eigenvalue weighted by molar-refractivity contribution is 0.00138. The van der Waals surface area contributed by atoms with E-state index in [-0.39, 0.29) is 41.1 Å². The van der Waals surface area contributed by atoms with Crippen molar-refractivity contribution in [3.63, 3.8) is 0 Å². The van der Waals surface area contributed by atoms with E-state index in [0.717, 1.165) is 5.56 Å². The quantitative estimate of drug-likeness (QED) is 0.254. The van der Waals surface area contributed by atoms with Gasteiger partial charge in [0, 0.05) is 20.1 Å². The first kappa shape index (κ1) is 33.4. The molecule has 9 nitrogen and oxygen atoms in total. The number of H-pyrrole nitrogens is 1. The summed E-state index contributed by atoms with van der Waals surface area (Å²) < 4.78 is 25.5. The summed E-state index contributed by atoms with van der Waals surface area (Å²) in [5.41, 5.74) is -2.33. The van der Waals surface area contributed by atoms with Gasteiger partial charge in [0.25, 0.3) is 5.56 Å². The zero-order valence-electron chi connectivity index (χ0n) is 26.4. The second-order valence-corrected chi connectivity index (χ2v) is 18.7. The number of rotatable bonds is 9. The van der Waals surface area contributed by atoms with Crippen LogP contribution in [-0.2, 0) is 21.1 Å². The predicted molar refractivity (Wildman–Crippen MR) is 162 cm³/mol. The van der Waals surface area contributed by atoms with Gasteiger partial charge in [-0.05, 0) is 88.2 Å². The molecule has 0 aliphatic heterocycles. The molecule has 2 aromatic rings. The van der Waals surface area contributed by atoms with Gasteiger partial charge in [-0.2, -0.15) is 0 Å². The van der Waals surface area contributed by atoms with Crippen LogP contribution in [0.4, 0.5) is 9.18 Å². The highest BCUT2D eigenvalue weighted by Gasteiger charge is 2.50. The SMILES string of the molecule is CN(C(=O)OC(C)(C)C)C1(c2nc(C(=O)CCc3ccc(F)cc3)c(O)c(=O)[nH]2)CCC(CO[Si](C)(C)C(C)(C)C)C1. The second kappa shape index (κ2) is 12.3. The van der Waals surface area contributed by atoms with Gasteiger partial charge in [0.05, 0.1) is 0 Å². The number of Topliss-reactive ketones (excluding diaryl/α,β-unsaturated/α-hetero) is 1. The minimum absolute atomic E-state index is 0.0307. The van der Waals surface area contributed by atoms with E-state index in [9.17, 15) is 23.9 Å². The Morgan fingerprint density at radius 2 is 1.79 bits per heavy atom. The summed E-state index contributed by atoms with van der Waals surface area (Å²) >= 11 is 0. The van der Waals surface area contributed by atoms with Crippen molar-refractivity contribution in [1.82, 2.24) is 14.9 Å². The maximum atomic E-state index is 13.3. The van der Waals surface area contributed by atoms with Gasteiger partial charge in [-0.3, -0.25) is 14.5 Å². The molecule has 2 N–H and O–H groups in total. The Balaban J connectivity index is 1.97. The fourth-order valence-electron chi connectivity index (χ4n) is 4.90. The first-order valence-corrected chi connectivity index (χ1v) is 17.4. The molecule has 2 atom stereocenters. The van der Waals surface area contributed by atoms with Crippen LogP contribution in [-0.4, -0.2) is 59.4 Å². The van der Waals surface area contributed by atoms with E-state index in [1.165, 1.54) is 17.0 Å². The number of aryl methyl sites for hydroxylation is 1. The zero-order valence-corrected chi connectivity index (χ0v) is 27.4. The van der Waals surface area contributed by atoms with E-state index in [1.54, 1.807) is 40.0 Å². The number of ketones is 1. The molecule has 1 fully saturated rings. The maximum Gasteiger partial charge on any atom is 0.410 e. The standard InChI is InChI=1S/C31H46FN3O6Si/c1-29(2,3)41-28(39)35(7)31(17-16-21(18-31)19-40-42(8,9)30(4,5)6)27-33-24(25(37)26(38)34-27)23(36)15-12-20-10-13-22(32)14-11-20/h10-11,13-14,21,37H,12,15-19H2,1-9H3,(H,33,34,38). The minimum atomic E-state index is -2.04. The molecule has 0 radical (unpaired) electrons. The van der Waals surface area contributed by atoms with Gasteiger partial charge in [0.15, 0.2) is 19.8 Å². The van der Waals surface area contributed by atoms with E-state index < -0.39 is 42.6 Å². The molecule has 1 aliphatic rings. The molecule has 0 saturated heterocycles. The number of nitrogens with one attached hydrogen (secondary N) is 1. The van der Waals surface area contributed by atoms with E-state index in [4.69, 9.17) is 9.16 Å². The van der Waals surface area contributed by atoms with Crippen LogP contribution in [0.25, 0.3) is 0 Å². The Bertz CT molecular complexity index is 1350. The highest BCUT2D eigenvalue weighted by molar-refractivity contribution is 6.74. The van der Waals surface area contributed by atoms with Crippen molar-refractivity contribution in [3.05, 3.63) is 57.5 Å². The van der Waals surface area contributed by atoms with Gasteiger partial charge >= 0.3 is 6.09 Å². The van der Waals surface area contributed by atoms with Crippen LogP contribution in [0.5, 0.6) is 5.75 Å². The number of aromatic nitrogens is 2. The Morgan fingerprint density at radius 3 is 2.36 bits per heavy atom. The third-order valence-corrected chi connectivity index (χ3v) is 13.0. The van der Waals surface area contributed by atoms with E-state index >= 15 is 0 Å². The maximum absolute atomic E-state index is 13.3. The van der Waals surface area contributed by atoms with Crippen LogP contribution < -0.4 is 5.56 Å². The number of halogens is 1. The molecule has 2 unspecified atom stereocenters. The largest absolute Gasteiger partial charge is 0.501 e. The lowest BCUT2D eigenvalue weighted by Gasteiger charge is -2.39. The number of carbonyl (C=O) groups excluding carboxylic acids is 2. The molecule has 1 saturated carbocycles. The fourth-order valence-corrected chi connectivity index (χ4v) is 5.99. The molecular weight excluding hydrogens is 557 g/mol. The van der Waals surface area contributed by atoms with Gasteiger partial charge in [0.1, 0.15) is 22.8 Å². The summed E-state index contributed by atoms with van der Waals surface area (Å²) in [5.74, 6) is -1.50. The molecular formula is C31H46FN3O6Si. The Labute approximate surface area is 249 Å². The Kier molecular flexibility index (Phi) is 9.78. The average molecular weight is 604 g/mol. The van der Waals surface area contributed by atoms with Gasteiger partial charge in [-0.1, -0.05) is 32.9 Å². The number of hydrogen-bond acceptors (Lipinski definition) is 7. The average Bonchev–Trinajstić information content (AvgIpc) is 3.32. The van der Waals surface area contributed by atoms with Gasteiger partial charge in [0.2, 0.25) is 5.75 Å². The third-order valence-electron chi connectivity index (χ3n) is 8.54. The van der Waals surface area contributed by atoms with Crippen molar-refractivity contribution < 1.29 is 28.2 Å². The molecule has 3 rings (SSSR count). The molecule has 1 aromatic heterocycles. The smallest absolute Gasteiger partial charge is 0.410 e. The van der Waals surface area contributed by atoms with E-state index in [1.807, 2.05) is 0 Å². The lowest BCUT2D eigenvalue weighted by Crippen LogP contribution is -2.49. The second-order valence-electron chi connectivity index (χ2n) is 13.9. The number of carbonyl (C=O) groups is 2. The van der Waals surface area contributed by atoms with E-state index in [2.05, 4.69) is 43.8 Å². The highest BCUT2D eigenvalue weighted by Crippen LogP contribution is 2.46. The summed E-state index contributed by atoms with van der Waals surface area (Å²) in [5, 5.41) is 10.6. The minimum Gasteiger partial charge on any atom is -0.501 e. The summed E-state index contributed by atoms with van der Waals surface area (Å²) in [7, 11) is -0.431. The van der Waals surface area contributed by atoms with Crippen molar-refractivity contribution in [1.29, 1.82) is 0 Å². The van der Waals surface area contributed by atoms with Crippen LogP contribution in [0.1, 0.15) is 89.1 Å². The lowest BCUT2D eigenvalue weighted by atomic mass is 9.92. The molecule has 0 spiro atoms. The van der Waals surface area contributed by atoms with E-state index in [0.29, 0.717) is 25.9 Å². The number of aromatic hydroxyl groups is 1. The number of ether oxygens (including phenoxy) is 1. The topological polar surface area (TPSA) is 122 Å². The monoisotopic (exact) mass is 603 g/mol. The molecule has 1 heterocycles. The number of benzene rings is 1. The van der Waals surface area contributed by atoms with Crippen LogP contribution in [0.15, 0.2) is 29.1 Å². The number of hydrogen-bond donors (Lipinski definition) is 2. The molecule has 0 bridgehead atoms. The first-order chi connectivity index (χ1) is 19.3. The molecule has 1 aliphatic carbocycles. The van der Waals surface area contributed by atoms with Crippen molar-refractivity contribution >= 4 is 20.2 Å². The molecule has 232 valence electrons. The van der Waals surface area contributed by atoms with Crippen molar-refractivity contribution in [2.24, 2.45) is 5.92 Å². The molecule has 1 aromatic carbocycles. The first-order valence-electron chi connectivity index (χ1n) is 14.5. The van der Waals surface area contributed by atoms with Gasteiger partial charge < -0.3 is 19.3 Å². The Morgan fingerprint density at radius 1 is 1.17 bits per heavy atom. The van der Waals surface area contributed by atoms with Crippen LogP contribution in [0, 0.1) is 11.7 Å². The van der Waals surface area contributed by atoms with Crippen LogP contribution in [0.3, 0.4) is 0 Å². The molecule has 42 heavy (non-hydrogen) atoms. The van der Waals surface area contributed by atoms with Gasteiger partial charge in [-0.25, -0.2) is 14.2 Å². The summed E-state index contributed by atoms with van der Waals surface area (Å²) in [6.45, 7) is 16.7. The van der Waals surface area contributed by atoms with Crippen molar-refractivity contribution in [2.45, 2.75) is 103 Å². The van der Waals surface area contributed by atoms with Crippen LogP contribution >= 0.6 is 0 Å². The predicted octanol–water partition coefficient (Wildman–Crippen LogP) is 6.31. The third kappa shape index (κ3) is 7.66. The zero-order chi connectivity index (χ0) is 31.7. The number of aromatic amines is 1. The highest BCUT2D eigenvalue weighted by atomic mass is 28.4. The molecule has 11 heteroatoms. The number of nitrogens with zero attached hydrogens (tertiary/aromatic N) is 2. The van der Waals surface area contributed by atoms with Crippen LogP contribution in [0.2, 0.25) is 18.1 Å². The fraction of sp³-hybridized carbons (Fsp3) is 0.613. The molecule has 1 amide bonds. The Hall–Kier alpha value is -3.05. The number of amides is 1. The summed E-state index contributed by atoms with van der Waals surface area (Å²) in [6, 6.07) is 5.77. The van der Waals surface area contributed by atoms with Gasteiger partial charge in [-0.15, -0.1) is 0 Å². The summed E-state index contributed by atoms with van der Waals surface area (Å²) in [4.78, 5) is 48.1. The van der Waals surface area contributed by atoms with Crippen molar-refractivity contribution in [3.8, 4) is 5.75 Å². The summed E-state index contributed by atoms with van der Waals surface area (Å²) in [6.07, 6.45) is 1.21. The normalized spacial score (nSPS) is 19.5. The van der Waals surface area contributed by atoms with Crippen molar-refractivity contribution in [2.75, 3.05) is 13.7 Å².